The minimum atomic E-state index is -0.395. The SMILES string of the molecule is CC(C)C[C@H](N)C(=O)N1CCN(c2ccc3nncn3n2)CC1.Cl.Cl. The van der Waals surface area contributed by atoms with Gasteiger partial charge in [-0.05, 0) is 24.5 Å². The Morgan fingerprint density at radius 2 is 1.88 bits per heavy atom. The Bertz CT molecular complexity index is 685. The first-order chi connectivity index (χ1) is 11.0. The Balaban J connectivity index is 0.00000156. The van der Waals surface area contributed by atoms with Crippen molar-refractivity contribution in [2.24, 2.45) is 11.7 Å². The maximum absolute atomic E-state index is 12.4. The summed E-state index contributed by atoms with van der Waals surface area (Å²) in [6.45, 7) is 7.01. The zero-order valence-corrected chi connectivity index (χ0v) is 16.0. The van der Waals surface area contributed by atoms with Crippen LogP contribution in [0.2, 0.25) is 0 Å². The highest BCUT2D eigenvalue weighted by Crippen LogP contribution is 2.15. The van der Waals surface area contributed by atoms with Crippen molar-refractivity contribution in [3.05, 3.63) is 18.5 Å². The van der Waals surface area contributed by atoms with Gasteiger partial charge in [-0.25, -0.2) is 0 Å². The minimum absolute atomic E-state index is 0. The van der Waals surface area contributed by atoms with Gasteiger partial charge >= 0.3 is 0 Å². The summed E-state index contributed by atoms with van der Waals surface area (Å²) >= 11 is 0. The van der Waals surface area contributed by atoms with Crippen molar-refractivity contribution in [1.82, 2.24) is 24.7 Å². The van der Waals surface area contributed by atoms with E-state index in [1.165, 1.54) is 0 Å². The van der Waals surface area contributed by atoms with Crippen LogP contribution < -0.4 is 10.6 Å². The number of amides is 1. The Kier molecular flexibility index (Phi) is 7.85. The number of nitrogens with zero attached hydrogens (tertiary/aromatic N) is 6. The minimum Gasteiger partial charge on any atom is -0.352 e. The van der Waals surface area contributed by atoms with Crippen LogP contribution in [-0.2, 0) is 4.79 Å². The molecule has 0 radical (unpaired) electrons. The van der Waals surface area contributed by atoms with Crippen molar-refractivity contribution in [3.8, 4) is 0 Å². The lowest BCUT2D eigenvalue weighted by molar-refractivity contribution is -0.133. The van der Waals surface area contributed by atoms with Crippen molar-refractivity contribution in [2.75, 3.05) is 31.1 Å². The predicted molar refractivity (Wildman–Crippen MR) is 102 cm³/mol. The van der Waals surface area contributed by atoms with Gasteiger partial charge in [0.15, 0.2) is 5.65 Å². The third-order valence-corrected chi connectivity index (χ3v) is 4.11. The summed E-state index contributed by atoms with van der Waals surface area (Å²) in [6, 6.07) is 3.44. The van der Waals surface area contributed by atoms with E-state index >= 15 is 0 Å². The average Bonchev–Trinajstić information content (AvgIpc) is 3.01. The third-order valence-electron chi connectivity index (χ3n) is 4.11. The smallest absolute Gasteiger partial charge is 0.239 e. The summed E-state index contributed by atoms with van der Waals surface area (Å²) < 4.78 is 1.66. The molecule has 1 aliphatic heterocycles. The van der Waals surface area contributed by atoms with Crippen LogP contribution in [0.25, 0.3) is 5.65 Å². The van der Waals surface area contributed by atoms with Crippen molar-refractivity contribution >= 4 is 42.2 Å². The number of piperazine rings is 1. The Hall–Kier alpha value is -1.64. The van der Waals surface area contributed by atoms with Gasteiger partial charge in [0.05, 0.1) is 6.04 Å². The molecule has 25 heavy (non-hydrogen) atoms. The lowest BCUT2D eigenvalue weighted by Crippen LogP contribution is -2.53. The van der Waals surface area contributed by atoms with Gasteiger partial charge in [0.1, 0.15) is 12.1 Å². The van der Waals surface area contributed by atoms with E-state index in [1.807, 2.05) is 17.0 Å². The van der Waals surface area contributed by atoms with Crippen LogP contribution in [0.3, 0.4) is 0 Å². The second kappa shape index (κ2) is 9.17. The van der Waals surface area contributed by atoms with Gasteiger partial charge in [0, 0.05) is 26.2 Å². The molecule has 1 amide bonds. The van der Waals surface area contributed by atoms with E-state index in [0.717, 1.165) is 31.0 Å². The Labute approximate surface area is 159 Å². The molecule has 140 valence electrons. The number of hydrogen-bond acceptors (Lipinski definition) is 6. The standard InChI is InChI=1S/C15H23N7O.2ClH/c1-11(2)9-12(16)15(23)21-7-5-20(6-8-21)14-4-3-13-18-17-10-22(13)19-14;;/h3-4,10-12H,5-9,16H2,1-2H3;2*1H/t12-;;/m0../s1. The first-order valence-corrected chi connectivity index (χ1v) is 8.01. The monoisotopic (exact) mass is 389 g/mol. The Morgan fingerprint density at radius 3 is 2.52 bits per heavy atom. The molecule has 1 atom stereocenters. The van der Waals surface area contributed by atoms with Crippen molar-refractivity contribution in [1.29, 1.82) is 0 Å². The summed E-state index contributed by atoms with van der Waals surface area (Å²) in [5.41, 5.74) is 6.74. The molecular weight excluding hydrogens is 365 g/mol. The highest BCUT2D eigenvalue weighted by molar-refractivity contribution is 5.85. The number of carbonyl (C=O) groups excluding carboxylic acids is 1. The van der Waals surface area contributed by atoms with Gasteiger partial charge in [-0.2, -0.15) is 4.52 Å². The molecule has 10 heteroatoms. The van der Waals surface area contributed by atoms with Gasteiger partial charge in [0.2, 0.25) is 5.91 Å². The fourth-order valence-electron chi connectivity index (χ4n) is 2.89. The maximum atomic E-state index is 12.4. The molecule has 0 bridgehead atoms. The van der Waals surface area contributed by atoms with Crippen LogP contribution in [-0.4, -0.2) is 62.8 Å². The van der Waals surface area contributed by atoms with Gasteiger partial charge in [-0.1, -0.05) is 13.8 Å². The Morgan fingerprint density at radius 1 is 1.20 bits per heavy atom. The van der Waals surface area contributed by atoms with Crippen LogP contribution in [0.15, 0.2) is 18.5 Å². The van der Waals surface area contributed by atoms with Gasteiger partial charge < -0.3 is 15.5 Å². The quantitative estimate of drug-likeness (QED) is 0.837. The zero-order chi connectivity index (χ0) is 16.4. The summed E-state index contributed by atoms with van der Waals surface area (Å²) in [5.74, 6) is 1.35. The topological polar surface area (TPSA) is 92.7 Å². The fourth-order valence-corrected chi connectivity index (χ4v) is 2.89. The number of anilines is 1. The van der Waals surface area contributed by atoms with E-state index < -0.39 is 6.04 Å². The molecule has 8 nitrogen and oxygen atoms in total. The molecule has 0 aromatic carbocycles. The average molecular weight is 390 g/mol. The van der Waals surface area contributed by atoms with Crippen LogP contribution in [0.5, 0.6) is 0 Å². The number of hydrogen-bond donors (Lipinski definition) is 1. The molecule has 1 saturated heterocycles. The van der Waals surface area contributed by atoms with E-state index in [1.54, 1.807) is 10.8 Å². The van der Waals surface area contributed by atoms with Crippen LogP contribution >= 0.6 is 24.8 Å². The normalized spacial score (nSPS) is 15.7. The van der Waals surface area contributed by atoms with Crippen LogP contribution in [0, 0.1) is 5.92 Å². The molecule has 3 heterocycles. The molecule has 0 saturated carbocycles. The summed E-state index contributed by atoms with van der Waals surface area (Å²) in [5, 5.41) is 12.3. The molecular formula is C15H25Cl2N7O. The second-order valence-electron chi connectivity index (χ2n) is 6.37. The first kappa shape index (κ1) is 21.4. The highest BCUT2D eigenvalue weighted by Gasteiger charge is 2.26. The maximum Gasteiger partial charge on any atom is 0.239 e. The van der Waals surface area contributed by atoms with Crippen LogP contribution in [0.4, 0.5) is 5.82 Å². The fraction of sp³-hybridized carbons (Fsp3) is 0.600. The van der Waals surface area contributed by atoms with Gasteiger partial charge in [-0.3, -0.25) is 4.79 Å². The van der Waals surface area contributed by atoms with E-state index in [-0.39, 0.29) is 30.7 Å². The number of nitrogens with two attached hydrogens (primary N) is 1. The number of rotatable bonds is 4. The predicted octanol–water partition coefficient (Wildman–Crippen LogP) is 0.990. The second-order valence-corrected chi connectivity index (χ2v) is 6.37. The molecule has 1 aliphatic rings. The molecule has 2 aromatic heterocycles. The lowest BCUT2D eigenvalue weighted by Gasteiger charge is -2.36. The van der Waals surface area contributed by atoms with Crippen molar-refractivity contribution in [3.63, 3.8) is 0 Å². The van der Waals surface area contributed by atoms with E-state index in [2.05, 4.69) is 34.0 Å². The molecule has 0 aliphatic carbocycles. The van der Waals surface area contributed by atoms with E-state index in [4.69, 9.17) is 5.73 Å². The number of fused-ring (bicyclic) bond motifs is 1. The van der Waals surface area contributed by atoms with Gasteiger partial charge in [0.25, 0.3) is 0 Å². The molecule has 0 unspecified atom stereocenters. The van der Waals surface area contributed by atoms with E-state index in [9.17, 15) is 4.79 Å². The zero-order valence-electron chi connectivity index (χ0n) is 14.4. The lowest BCUT2D eigenvalue weighted by atomic mass is 10.0. The third kappa shape index (κ3) is 4.93. The first-order valence-electron chi connectivity index (χ1n) is 8.01. The molecule has 2 aromatic rings. The number of carbonyl (C=O) groups is 1. The summed E-state index contributed by atoms with van der Waals surface area (Å²) in [4.78, 5) is 16.4. The number of halogens is 2. The van der Waals surface area contributed by atoms with Crippen molar-refractivity contribution < 1.29 is 4.79 Å². The van der Waals surface area contributed by atoms with Crippen molar-refractivity contribution in [2.45, 2.75) is 26.3 Å². The largest absolute Gasteiger partial charge is 0.352 e. The number of aromatic nitrogens is 4. The molecule has 0 spiro atoms. The summed E-state index contributed by atoms with van der Waals surface area (Å²) in [6.07, 6.45) is 2.31. The summed E-state index contributed by atoms with van der Waals surface area (Å²) in [7, 11) is 0. The van der Waals surface area contributed by atoms with E-state index in [0.29, 0.717) is 19.0 Å². The van der Waals surface area contributed by atoms with Gasteiger partial charge in [-0.15, -0.1) is 40.1 Å². The highest BCUT2D eigenvalue weighted by atomic mass is 35.5. The van der Waals surface area contributed by atoms with Crippen LogP contribution in [0.1, 0.15) is 20.3 Å². The molecule has 3 rings (SSSR count). The molecule has 2 N–H and O–H groups in total. The molecule has 1 fully saturated rings.